The summed E-state index contributed by atoms with van der Waals surface area (Å²) in [5, 5.41) is 3.21. The molecule has 0 saturated carbocycles. The molecular formula is C18H16Cl2FNO3S. The number of amides is 1. The Balaban J connectivity index is 1.90. The highest BCUT2D eigenvalue weighted by Crippen LogP contribution is 2.26. The molecule has 26 heavy (non-hydrogen) atoms. The minimum Gasteiger partial charge on any atom is -0.462 e. The molecular weight excluding hydrogens is 400 g/mol. The second-order valence-corrected chi connectivity index (χ2v) is 6.96. The van der Waals surface area contributed by atoms with Crippen molar-refractivity contribution >= 4 is 52.5 Å². The van der Waals surface area contributed by atoms with E-state index in [9.17, 15) is 14.0 Å². The minimum atomic E-state index is -0.482. The molecule has 8 heteroatoms. The third-order valence-corrected chi connectivity index (χ3v) is 4.92. The Morgan fingerprint density at radius 3 is 2.62 bits per heavy atom. The molecule has 0 aliphatic rings. The van der Waals surface area contributed by atoms with Crippen LogP contribution in [0.1, 0.15) is 22.8 Å². The van der Waals surface area contributed by atoms with Gasteiger partial charge >= 0.3 is 5.97 Å². The highest BCUT2D eigenvalue weighted by Gasteiger charge is 2.12. The van der Waals surface area contributed by atoms with Crippen molar-refractivity contribution in [1.29, 1.82) is 0 Å². The van der Waals surface area contributed by atoms with E-state index in [2.05, 4.69) is 5.32 Å². The van der Waals surface area contributed by atoms with Crippen LogP contribution in [0, 0.1) is 5.82 Å². The largest absolute Gasteiger partial charge is 0.462 e. The van der Waals surface area contributed by atoms with Crippen molar-refractivity contribution in [3.05, 3.63) is 63.4 Å². The molecule has 0 aliphatic carbocycles. The fraction of sp³-hybridized carbons (Fsp3) is 0.222. The number of halogens is 3. The van der Waals surface area contributed by atoms with Gasteiger partial charge in [0.1, 0.15) is 5.82 Å². The van der Waals surface area contributed by atoms with E-state index >= 15 is 0 Å². The Bertz CT molecular complexity index is 797. The van der Waals surface area contributed by atoms with Gasteiger partial charge in [-0.15, -0.1) is 11.8 Å². The van der Waals surface area contributed by atoms with Crippen molar-refractivity contribution in [2.45, 2.75) is 12.7 Å². The van der Waals surface area contributed by atoms with Crippen LogP contribution in [0.15, 0.2) is 36.4 Å². The summed E-state index contributed by atoms with van der Waals surface area (Å²) in [4.78, 5) is 23.7. The average molecular weight is 416 g/mol. The highest BCUT2D eigenvalue weighted by atomic mass is 35.5. The first-order chi connectivity index (χ1) is 12.4. The van der Waals surface area contributed by atoms with Crippen LogP contribution in [0.25, 0.3) is 0 Å². The summed E-state index contributed by atoms with van der Waals surface area (Å²) < 4.78 is 18.6. The third kappa shape index (κ3) is 5.62. The second-order valence-electron chi connectivity index (χ2n) is 5.16. The molecule has 0 radical (unpaired) electrons. The normalized spacial score (nSPS) is 10.5. The smallest absolute Gasteiger partial charge is 0.338 e. The van der Waals surface area contributed by atoms with Crippen molar-refractivity contribution < 1.29 is 18.7 Å². The van der Waals surface area contributed by atoms with Crippen molar-refractivity contribution in [1.82, 2.24) is 0 Å². The molecule has 4 nitrogen and oxygen atoms in total. The standard InChI is InChI=1S/C18H16Cl2FNO3S/c1-2-25-18(24)11-6-7-16(14(20)8-11)22-17(23)10-26-9-12-13(19)4-3-5-15(12)21/h3-8H,2,9-10H2,1H3,(H,22,23). The van der Waals surface area contributed by atoms with Crippen LogP contribution in [0.5, 0.6) is 0 Å². The number of benzene rings is 2. The number of carbonyl (C=O) groups excluding carboxylic acids is 2. The van der Waals surface area contributed by atoms with Gasteiger partial charge in [-0.2, -0.15) is 0 Å². The lowest BCUT2D eigenvalue weighted by Gasteiger charge is -2.09. The maximum atomic E-state index is 13.7. The lowest BCUT2D eigenvalue weighted by atomic mass is 10.2. The van der Waals surface area contributed by atoms with Gasteiger partial charge in [-0.05, 0) is 37.3 Å². The number of carbonyl (C=O) groups is 2. The van der Waals surface area contributed by atoms with Crippen LogP contribution in [0.3, 0.4) is 0 Å². The summed E-state index contributed by atoms with van der Waals surface area (Å²) in [5.41, 5.74) is 1.05. The summed E-state index contributed by atoms with van der Waals surface area (Å²) in [5.74, 6) is -0.810. The van der Waals surface area contributed by atoms with E-state index in [0.29, 0.717) is 21.8 Å². The first-order valence-corrected chi connectivity index (χ1v) is 9.60. The number of nitrogens with one attached hydrogen (secondary N) is 1. The molecule has 0 bridgehead atoms. The Labute approximate surface area is 165 Å². The van der Waals surface area contributed by atoms with Gasteiger partial charge in [0, 0.05) is 16.3 Å². The monoisotopic (exact) mass is 415 g/mol. The van der Waals surface area contributed by atoms with E-state index in [0.717, 1.165) is 0 Å². The van der Waals surface area contributed by atoms with Crippen LogP contribution in [-0.4, -0.2) is 24.2 Å². The molecule has 0 saturated heterocycles. The molecule has 0 aromatic heterocycles. The van der Waals surface area contributed by atoms with E-state index in [4.69, 9.17) is 27.9 Å². The van der Waals surface area contributed by atoms with Gasteiger partial charge in [-0.1, -0.05) is 29.3 Å². The predicted molar refractivity (Wildman–Crippen MR) is 104 cm³/mol. The van der Waals surface area contributed by atoms with Crippen LogP contribution in [-0.2, 0) is 15.3 Å². The molecule has 0 unspecified atom stereocenters. The molecule has 1 amide bonds. The second kappa shape index (κ2) is 9.80. The Morgan fingerprint density at radius 1 is 1.19 bits per heavy atom. The lowest BCUT2D eigenvalue weighted by Crippen LogP contribution is -2.15. The number of rotatable bonds is 7. The number of ether oxygens (including phenoxy) is 1. The summed E-state index contributed by atoms with van der Waals surface area (Å²) in [6, 6.07) is 8.94. The number of esters is 1. The molecule has 2 aromatic carbocycles. The maximum Gasteiger partial charge on any atom is 0.338 e. The van der Waals surface area contributed by atoms with Crippen molar-refractivity contribution in [3.63, 3.8) is 0 Å². The van der Waals surface area contributed by atoms with Gasteiger partial charge in [0.15, 0.2) is 0 Å². The summed E-state index contributed by atoms with van der Waals surface area (Å²) in [6.45, 7) is 1.97. The highest BCUT2D eigenvalue weighted by molar-refractivity contribution is 7.99. The molecule has 0 atom stereocenters. The summed E-state index contributed by atoms with van der Waals surface area (Å²) in [6.07, 6.45) is 0. The molecule has 2 rings (SSSR count). The Morgan fingerprint density at radius 2 is 1.96 bits per heavy atom. The van der Waals surface area contributed by atoms with Crippen LogP contribution >= 0.6 is 35.0 Å². The molecule has 1 N–H and O–H groups in total. The average Bonchev–Trinajstić information content (AvgIpc) is 2.59. The van der Waals surface area contributed by atoms with Crippen molar-refractivity contribution in [3.8, 4) is 0 Å². The van der Waals surface area contributed by atoms with E-state index in [1.165, 1.54) is 42.1 Å². The van der Waals surface area contributed by atoms with Gasteiger partial charge in [0.25, 0.3) is 0 Å². The number of hydrogen-bond donors (Lipinski definition) is 1. The third-order valence-electron chi connectivity index (χ3n) is 3.30. The van der Waals surface area contributed by atoms with E-state index in [1.807, 2.05) is 0 Å². The fourth-order valence-corrected chi connectivity index (χ4v) is 3.45. The van der Waals surface area contributed by atoms with E-state index < -0.39 is 11.8 Å². The molecule has 0 spiro atoms. The topological polar surface area (TPSA) is 55.4 Å². The first kappa shape index (κ1) is 20.6. The van der Waals surface area contributed by atoms with Gasteiger partial charge in [0.2, 0.25) is 5.91 Å². The zero-order valence-electron chi connectivity index (χ0n) is 13.9. The van der Waals surface area contributed by atoms with Crippen LogP contribution in [0.2, 0.25) is 10.0 Å². The van der Waals surface area contributed by atoms with Gasteiger partial charge in [-0.3, -0.25) is 4.79 Å². The van der Waals surface area contributed by atoms with E-state index in [-0.39, 0.29) is 29.0 Å². The minimum absolute atomic E-state index is 0.0978. The van der Waals surface area contributed by atoms with Crippen LogP contribution < -0.4 is 5.32 Å². The van der Waals surface area contributed by atoms with Crippen molar-refractivity contribution in [2.75, 3.05) is 17.7 Å². The Hall–Kier alpha value is -1.76. The number of hydrogen-bond acceptors (Lipinski definition) is 4. The zero-order valence-corrected chi connectivity index (χ0v) is 16.2. The van der Waals surface area contributed by atoms with Gasteiger partial charge in [-0.25, -0.2) is 9.18 Å². The van der Waals surface area contributed by atoms with Crippen LogP contribution in [0.4, 0.5) is 10.1 Å². The summed E-state index contributed by atoms with van der Waals surface area (Å²) in [7, 11) is 0. The molecule has 138 valence electrons. The molecule has 0 aliphatic heterocycles. The maximum absolute atomic E-state index is 13.7. The molecule has 0 fully saturated rings. The van der Waals surface area contributed by atoms with Gasteiger partial charge < -0.3 is 10.1 Å². The van der Waals surface area contributed by atoms with Gasteiger partial charge in [0.05, 0.1) is 28.6 Å². The Kier molecular flexibility index (Phi) is 7.75. The fourth-order valence-electron chi connectivity index (χ4n) is 2.06. The molecule has 0 heterocycles. The number of thioether (sulfide) groups is 1. The number of anilines is 1. The lowest BCUT2D eigenvalue weighted by molar-refractivity contribution is -0.113. The molecule has 2 aromatic rings. The summed E-state index contributed by atoms with van der Waals surface area (Å²) >= 11 is 13.3. The zero-order chi connectivity index (χ0) is 19.1. The SMILES string of the molecule is CCOC(=O)c1ccc(NC(=O)CSCc2c(F)cccc2Cl)c(Cl)c1. The quantitative estimate of drug-likeness (QED) is 0.632. The predicted octanol–water partition coefficient (Wildman–Crippen LogP) is 5.18. The van der Waals surface area contributed by atoms with Crippen molar-refractivity contribution in [2.24, 2.45) is 0 Å². The first-order valence-electron chi connectivity index (χ1n) is 7.69. The van der Waals surface area contributed by atoms with E-state index in [1.54, 1.807) is 13.0 Å².